The van der Waals surface area contributed by atoms with Crippen molar-refractivity contribution in [1.82, 2.24) is 9.80 Å². The highest BCUT2D eigenvalue weighted by atomic mass is 16.3. The van der Waals surface area contributed by atoms with Crippen molar-refractivity contribution in [3.63, 3.8) is 0 Å². The molecule has 6 nitrogen and oxygen atoms in total. The standard InChI is InChI=1S/C19H31N3O3/c1-14(2)18(25)22-9-7-21(8-10-22)6-5-20-13-15-16(23)11-19(3,4)12-17(15)24/h13-14,23H,5-12H2,1-4H3. The Morgan fingerprint density at radius 1 is 1.24 bits per heavy atom. The van der Waals surface area contributed by atoms with Gasteiger partial charge in [0.05, 0.1) is 12.1 Å². The molecule has 1 aliphatic heterocycles. The third kappa shape index (κ3) is 5.39. The van der Waals surface area contributed by atoms with Crippen molar-refractivity contribution in [2.24, 2.45) is 16.3 Å². The average Bonchev–Trinajstić information content (AvgIpc) is 2.52. The largest absolute Gasteiger partial charge is 0.511 e. The summed E-state index contributed by atoms with van der Waals surface area (Å²) in [5.74, 6) is 0.401. The number of allylic oxidation sites excluding steroid dienone is 2. The molecular weight excluding hydrogens is 318 g/mol. The first-order valence-electron chi connectivity index (χ1n) is 9.16. The zero-order chi connectivity index (χ0) is 18.6. The van der Waals surface area contributed by atoms with Gasteiger partial charge in [0.15, 0.2) is 5.78 Å². The van der Waals surface area contributed by atoms with Crippen molar-refractivity contribution in [2.75, 3.05) is 39.3 Å². The fraction of sp³-hybridized carbons (Fsp3) is 0.737. The maximum absolute atomic E-state index is 12.1. The fourth-order valence-corrected chi connectivity index (χ4v) is 3.36. The number of carbonyl (C=O) groups excluding carboxylic acids is 2. The predicted octanol–water partition coefficient (Wildman–Crippen LogP) is 2.06. The molecule has 0 aromatic heterocycles. The number of Topliss-reactive ketones (excluding diaryl/α,β-unsaturated/α-hetero) is 1. The molecule has 1 amide bonds. The number of aliphatic imine (C=N–C) groups is 1. The van der Waals surface area contributed by atoms with E-state index in [4.69, 9.17) is 0 Å². The van der Waals surface area contributed by atoms with Crippen molar-refractivity contribution in [3.05, 3.63) is 11.3 Å². The molecule has 2 aliphatic rings. The van der Waals surface area contributed by atoms with Crippen LogP contribution in [0.5, 0.6) is 0 Å². The number of nitrogens with zero attached hydrogens (tertiary/aromatic N) is 3. The van der Waals surface area contributed by atoms with E-state index in [1.54, 1.807) is 0 Å². The lowest BCUT2D eigenvalue weighted by Crippen LogP contribution is -2.50. The van der Waals surface area contributed by atoms with Crippen molar-refractivity contribution < 1.29 is 14.7 Å². The van der Waals surface area contributed by atoms with Gasteiger partial charge in [0.2, 0.25) is 5.91 Å². The number of carbonyl (C=O) groups is 2. The molecule has 0 bridgehead atoms. The number of aliphatic hydroxyl groups is 1. The van der Waals surface area contributed by atoms with Crippen molar-refractivity contribution >= 4 is 17.9 Å². The quantitative estimate of drug-likeness (QED) is 0.771. The molecule has 0 saturated carbocycles. The average molecular weight is 349 g/mol. The number of hydrogen-bond acceptors (Lipinski definition) is 5. The molecule has 1 fully saturated rings. The van der Waals surface area contributed by atoms with Gasteiger partial charge in [0.25, 0.3) is 0 Å². The van der Waals surface area contributed by atoms with Crippen LogP contribution >= 0.6 is 0 Å². The highest BCUT2D eigenvalue weighted by Gasteiger charge is 2.32. The second kappa shape index (κ2) is 8.13. The van der Waals surface area contributed by atoms with Crippen molar-refractivity contribution in [3.8, 4) is 0 Å². The molecule has 1 aliphatic carbocycles. The number of aliphatic hydroxyl groups excluding tert-OH is 1. The van der Waals surface area contributed by atoms with Crippen LogP contribution in [-0.4, -0.2) is 72.1 Å². The molecule has 0 aromatic rings. The zero-order valence-electron chi connectivity index (χ0n) is 15.9. The summed E-state index contributed by atoms with van der Waals surface area (Å²) >= 11 is 0. The fourth-order valence-electron chi connectivity index (χ4n) is 3.36. The van der Waals surface area contributed by atoms with Gasteiger partial charge < -0.3 is 10.0 Å². The summed E-state index contributed by atoms with van der Waals surface area (Å²) in [6.07, 6.45) is 2.50. The lowest BCUT2D eigenvalue weighted by Gasteiger charge is -2.35. The maximum Gasteiger partial charge on any atom is 0.225 e. The normalized spacial score (nSPS) is 22.3. The molecule has 140 valence electrons. The van der Waals surface area contributed by atoms with Crippen molar-refractivity contribution in [1.29, 1.82) is 0 Å². The molecule has 0 unspecified atom stereocenters. The molecule has 0 atom stereocenters. The Hall–Kier alpha value is -1.69. The third-order valence-corrected chi connectivity index (χ3v) is 4.84. The molecule has 25 heavy (non-hydrogen) atoms. The predicted molar refractivity (Wildman–Crippen MR) is 98.9 cm³/mol. The van der Waals surface area contributed by atoms with E-state index in [1.165, 1.54) is 6.21 Å². The van der Waals surface area contributed by atoms with Gasteiger partial charge in [-0.2, -0.15) is 0 Å². The lowest BCUT2D eigenvalue weighted by atomic mass is 9.77. The summed E-state index contributed by atoms with van der Waals surface area (Å²) in [5.41, 5.74) is 0.192. The van der Waals surface area contributed by atoms with E-state index in [2.05, 4.69) is 9.89 Å². The van der Waals surface area contributed by atoms with Gasteiger partial charge in [-0.3, -0.25) is 19.5 Å². The Labute approximate surface area is 150 Å². The zero-order valence-corrected chi connectivity index (χ0v) is 15.9. The summed E-state index contributed by atoms with van der Waals surface area (Å²) in [6.45, 7) is 12.5. The second-order valence-corrected chi connectivity index (χ2v) is 8.16. The van der Waals surface area contributed by atoms with Crippen LogP contribution in [0.4, 0.5) is 0 Å². The van der Waals surface area contributed by atoms with Crippen LogP contribution < -0.4 is 0 Å². The summed E-state index contributed by atoms with van der Waals surface area (Å²) in [6, 6.07) is 0. The first kappa shape index (κ1) is 19.6. The molecule has 0 radical (unpaired) electrons. The Balaban J connectivity index is 1.77. The maximum atomic E-state index is 12.1. The van der Waals surface area contributed by atoms with Crippen LogP contribution in [0.15, 0.2) is 16.3 Å². The first-order valence-corrected chi connectivity index (χ1v) is 9.16. The van der Waals surface area contributed by atoms with Gasteiger partial charge in [-0.15, -0.1) is 0 Å². The van der Waals surface area contributed by atoms with E-state index < -0.39 is 0 Å². The number of ketones is 1. The SMILES string of the molecule is CC(C)C(=O)N1CCN(CCN=CC2=C(O)CC(C)(C)CC2=O)CC1. The van der Waals surface area contributed by atoms with Gasteiger partial charge in [-0.05, 0) is 5.41 Å². The summed E-state index contributed by atoms with van der Waals surface area (Å²) in [5, 5.41) is 10.1. The van der Waals surface area contributed by atoms with E-state index >= 15 is 0 Å². The van der Waals surface area contributed by atoms with Gasteiger partial charge >= 0.3 is 0 Å². The van der Waals surface area contributed by atoms with E-state index in [0.29, 0.717) is 25.0 Å². The van der Waals surface area contributed by atoms with Gasteiger partial charge in [0.1, 0.15) is 5.76 Å². The molecule has 6 heteroatoms. The Morgan fingerprint density at radius 2 is 1.88 bits per heavy atom. The van der Waals surface area contributed by atoms with Crippen LogP contribution in [0, 0.1) is 11.3 Å². The molecule has 0 spiro atoms. The Kier molecular flexibility index (Phi) is 6.38. The van der Waals surface area contributed by atoms with E-state index in [9.17, 15) is 14.7 Å². The first-order chi connectivity index (χ1) is 11.7. The van der Waals surface area contributed by atoms with Crippen LogP contribution in [0.2, 0.25) is 0 Å². The number of piperazine rings is 1. The topological polar surface area (TPSA) is 73.2 Å². The van der Waals surface area contributed by atoms with E-state index in [0.717, 1.165) is 32.7 Å². The van der Waals surface area contributed by atoms with Crippen LogP contribution in [0.1, 0.15) is 40.5 Å². The summed E-state index contributed by atoms with van der Waals surface area (Å²) in [4.78, 5) is 32.6. The highest BCUT2D eigenvalue weighted by molar-refractivity contribution is 6.14. The number of amides is 1. The number of hydrogen-bond donors (Lipinski definition) is 1. The van der Waals surface area contributed by atoms with Crippen molar-refractivity contribution in [2.45, 2.75) is 40.5 Å². The van der Waals surface area contributed by atoms with Gasteiger partial charge in [-0.25, -0.2) is 0 Å². The molecule has 1 heterocycles. The minimum absolute atomic E-state index is 0.0293. The van der Waals surface area contributed by atoms with Gasteiger partial charge in [0, 0.05) is 57.7 Å². The summed E-state index contributed by atoms with van der Waals surface area (Å²) in [7, 11) is 0. The molecule has 0 aromatic carbocycles. The molecular formula is C19H31N3O3. The van der Waals surface area contributed by atoms with E-state index in [1.807, 2.05) is 32.6 Å². The van der Waals surface area contributed by atoms with Crippen LogP contribution in [0.25, 0.3) is 0 Å². The smallest absolute Gasteiger partial charge is 0.225 e. The third-order valence-electron chi connectivity index (χ3n) is 4.84. The lowest BCUT2D eigenvalue weighted by molar-refractivity contribution is -0.136. The minimum Gasteiger partial charge on any atom is -0.511 e. The van der Waals surface area contributed by atoms with Crippen LogP contribution in [-0.2, 0) is 9.59 Å². The minimum atomic E-state index is -0.175. The monoisotopic (exact) mass is 349 g/mol. The van der Waals surface area contributed by atoms with E-state index in [-0.39, 0.29) is 28.8 Å². The molecule has 1 N–H and O–H groups in total. The highest BCUT2D eigenvalue weighted by Crippen LogP contribution is 2.35. The van der Waals surface area contributed by atoms with Gasteiger partial charge in [-0.1, -0.05) is 27.7 Å². The summed E-state index contributed by atoms with van der Waals surface area (Å²) < 4.78 is 0. The number of rotatable bonds is 5. The second-order valence-electron chi connectivity index (χ2n) is 8.16. The van der Waals surface area contributed by atoms with Crippen LogP contribution in [0.3, 0.4) is 0 Å². The molecule has 1 saturated heterocycles. The molecule has 2 rings (SSSR count). The Bertz CT molecular complexity index is 570. The Morgan fingerprint density at radius 3 is 2.44 bits per heavy atom.